The lowest BCUT2D eigenvalue weighted by atomic mass is 10.2. The van der Waals surface area contributed by atoms with Gasteiger partial charge in [0.15, 0.2) is 9.84 Å². The molecule has 78 valence electrons. The molecule has 1 aromatic carbocycles. The molecule has 0 heterocycles. The molecule has 0 unspecified atom stereocenters. The van der Waals surface area contributed by atoms with Crippen LogP contribution in [0.25, 0.3) is 0 Å². The highest BCUT2D eigenvalue weighted by molar-refractivity contribution is 7.90. The van der Waals surface area contributed by atoms with Crippen molar-refractivity contribution >= 4 is 9.84 Å². The molecular weight excluding hydrogens is 214 g/mol. The van der Waals surface area contributed by atoms with E-state index in [1.165, 1.54) is 0 Å². The number of aliphatic hydroxyl groups excluding tert-OH is 1. The van der Waals surface area contributed by atoms with Gasteiger partial charge < -0.3 is 5.11 Å². The maximum atomic E-state index is 13.1. The van der Waals surface area contributed by atoms with Crippen LogP contribution in [0.3, 0.4) is 0 Å². The van der Waals surface area contributed by atoms with Crippen LogP contribution in [0.2, 0.25) is 0 Å². The van der Waals surface area contributed by atoms with Gasteiger partial charge in [-0.3, -0.25) is 0 Å². The Morgan fingerprint density at radius 1 is 1.29 bits per heavy atom. The molecular formula is C8H8F2O3S. The quantitative estimate of drug-likeness (QED) is 0.807. The van der Waals surface area contributed by atoms with Gasteiger partial charge in [-0.2, -0.15) is 0 Å². The van der Waals surface area contributed by atoms with E-state index in [4.69, 9.17) is 5.11 Å². The molecule has 0 aliphatic rings. The minimum absolute atomic E-state index is 0.269. The smallest absolute Gasteiger partial charge is 0.178 e. The summed E-state index contributed by atoms with van der Waals surface area (Å²) in [5.41, 5.74) is -0.269. The van der Waals surface area contributed by atoms with Crippen molar-refractivity contribution in [2.45, 2.75) is 11.5 Å². The standard InChI is InChI=1S/C8H8F2O3S/c1-14(12,13)8-3-6(9)5(4-11)2-7(8)10/h2-3,11H,4H2,1H3. The molecule has 0 amide bonds. The summed E-state index contributed by atoms with van der Waals surface area (Å²) in [5, 5.41) is 8.58. The SMILES string of the molecule is CS(=O)(=O)c1cc(F)c(CO)cc1F. The largest absolute Gasteiger partial charge is 0.392 e. The molecule has 3 nitrogen and oxygen atoms in total. The fraction of sp³-hybridized carbons (Fsp3) is 0.250. The van der Waals surface area contributed by atoms with Crippen molar-refractivity contribution < 1.29 is 22.3 Å². The third-order valence-electron chi connectivity index (χ3n) is 1.67. The van der Waals surface area contributed by atoms with Gasteiger partial charge >= 0.3 is 0 Å². The van der Waals surface area contributed by atoms with Gasteiger partial charge in [-0.1, -0.05) is 0 Å². The number of aliphatic hydroxyl groups is 1. The molecule has 1 N–H and O–H groups in total. The molecule has 0 saturated heterocycles. The number of hydrogen-bond acceptors (Lipinski definition) is 3. The van der Waals surface area contributed by atoms with Crippen molar-refractivity contribution in [3.05, 3.63) is 29.3 Å². The summed E-state index contributed by atoms with van der Waals surface area (Å²) in [4.78, 5) is -0.702. The second-order valence-corrected chi connectivity index (χ2v) is 4.79. The average Bonchev–Trinajstić information content (AvgIpc) is 2.06. The molecule has 0 aromatic heterocycles. The van der Waals surface area contributed by atoms with E-state index < -0.39 is 33.0 Å². The Morgan fingerprint density at radius 3 is 2.29 bits per heavy atom. The van der Waals surface area contributed by atoms with Crippen molar-refractivity contribution in [3.8, 4) is 0 Å². The van der Waals surface area contributed by atoms with Crippen LogP contribution in [0.15, 0.2) is 17.0 Å². The summed E-state index contributed by atoms with van der Waals surface area (Å²) in [7, 11) is -3.78. The van der Waals surface area contributed by atoms with Crippen molar-refractivity contribution in [3.63, 3.8) is 0 Å². The number of sulfone groups is 1. The molecule has 0 atom stereocenters. The fourth-order valence-corrected chi connectivity index (χ4v) is 1.71. The summed E-state index contributed by atoms with van der Waals surface area (Å²) in [5.74, 6) is -1.99. The first kappa shape index (κ1) is 11.1. The lowest BCUT2D eigenvalue weighted by Crippen LogP contribution is -2.03. The van der Waals surface area contributed by atoms with Gasteiger partial charge in [0.1, 0.15) is 16.5 Å². The molecule has 0 saturated carbocycles. The lowest BCUT2D eigenvalue weighted by molar-refractivity contribution is 0.274. The summed E-state index contributed by atoms with van der Waals surface area (Å²) >= 11 is 0. The Kier molecular flexibility index (Phi) is 2.86. The van der Waals surface area contributed by atoms with E-state index >= 15 is 0 Å². The summed E-state index contributed by atoms with van der Waals surface area (Å²) in [6, 6.07) is 1.24. The first-order valence-electron chi connectivity index (χ1n) is 3.65. The second-order valence-electron chi connectivity index (χ2n) is 2.80. The fourth-order valence-electron chi connectivity index (χ4n) is 0.975. The molecule has 1 aromatic rings. The van der Waals surface area contributed by atoms with Gasteiger partial charge in [0.2, 0.25) is 0 Å². The lowest BCUT2D eigenvalue weighted by Gasteiger charge is -2.04. The van der Waals surface area contributed by atoms with E-state index in [0.29, 0.717) is 12.1 Å². The normalized spacial score (nSPS) is 11.7. The predicted octanol–water partition coefficient (Wildman–Crippen LogP) is 0.861. The molecule has 0 aliphatic heterocycles. The molecule has 0 radical (unpaired) electrons. The van der Waals surface area contributed by atoms with E-state index in [0.717, 1.165) is 6.26 Å². The van der Waals surface area contributed by atoms with Crippen LogP contribution >= 0.6 is 0 Å². The van der Waals surface area contributed by atoms with Crippen LogP contribution < -0.4 is 0 Å². The minimum Gasteiger partial charge on any atom is -0.392 e. The van der Waals surface area contributed by atoms with Crippen LogP contribution in [0.1, 0.15) is 5.56 Å². The second kappa shape index (κ2) is 3.62. The molecule has 6 heteroatoms. The highest BCUT2D eigenvalue weighted by Crippen LogP contribution is 2.19. The van der Waals surface area contributed by atoms with Gasteiger partial charge in [0, 0.05) is 11.8 Å². The highest BCUT2D eigenvalue weighted by Gasteiger charge is 2.17. The van der Waals surface area contributed by atoms with Gasteiger partial charge in [-0.25, -0.2) is 17.2 Å². The first-order valence-corrected chi connectivity index (χ1v) is 5.54. The molecule has 0 bridgehead atoms. The number of rotatable bonds is 2. The maximum Gasteiger partial charge on any atom is 0.178 e. The summed E-state index contributed by atoms with van der Waals surface area (Å²) in [6.45, 7) is -0.674. The molecule has 0 fully saturated rings. The monoisotopic (exact) mass is 222 g/mol. The molecule has 1 rings (SSSR count). The Bertz CT molecular complexity index is 454. The van der Waals surface area contributed by atoms with E-state index in [9.17, 15) is 17.2 Å². The van der Waals surface area contributed by atoms with E-state index in [1.54, 1.807) is 0 Å². The zero-order valence-electron chi connectivity index (χ0n) is 7.29. The van der Waals surface area contributed by atoms with Gasteiger partial charge in [0.25, 0.3) is 0 Å². The van der Waals surface area contributed by atoms with Crippen LogP contribution in [0.4, 0.5) is 8.78 Å². The number of halogens is 2. The molecule has 14 heavy (non-hydrogen) atoms. The first-order chi connectivity index (χ1) is 6.36. The average molecular weight is 222 g/mol. The van der Waals surface area contributed by atoms with Crippen molar-refractivity contribution in [2.75, 3.05) is 6.26 Å². The van der Waals surface area contributed by atoms with Gasteiger partial charge in [-0.15, -0.1) is 0 Å². The van der Waals surface area contributed by atoms with Crippen molar-refractivity contribution in [1.29, 1.82) is 0 Å². The number of benzene rings is 1. The Morgan fingerprint density at radius 2 is 1.86 bits per heavy atom. The Labute approximate surface area is 79.9 Å². The van der Waals surface area contributed by atoms with Crippen molar-refractivity contribution in [2.24, 2.45) is 0 Å². The predicted molar refractivity (Wildman–Crippen MR) is 45.4 cm³/mol. The summed E-state index contributed by atoms with van der Waals surface area (Å²) in [6.07, 6.45) is 0.781. The molecule has 0 aliphatic carbocycles. The zero-order chi connectivity index (χ0) is 10.9. The zero-order valence-corrected chi connectivity index (χ0v) is 8.11. The topological polar surface area (TPSA) is 54.4 Å². The van der Waals surface area contributed by atoms with Crippen LogP contribution in [-0.2, 0) is 16.4 Å². The summed E-state index contributed by atoms with van der Waals surface area (Å²) < 4.78 is 47.9. The Hall–Kier alpha value is -1.01. The van der Waals surface area contributed by atoms with E-state index in [1.807, 2.05) is 0 Å². The Balaban J connectivity index is 3.44. The maximum absolute atomic E-state index is 13.1. The third kappa shape index (κ3) is 2.08. The highest BCUT2D eigenvalue weighted by atomic mass is 32.2. The van der Waals surface area contributed by atoms with E-state index in [2.05, 4.69) is 0 Å². The van der Waals surface area contributed by atoms with E-state index in [-0.39, 0.29) is 5.56 Å². The molecule has 0 spiro atoms. The van der Waals surface area contributed by atoms with Crippen LogP contribution in [0, 0.1) is 11.6 Å². The van der Waals surface area contributed by atoms with Gasteiger partial charge in [0.05, 0.1) is 6.61 Å². The van der Waals surface area contributed by atoms with Crippen molar-refractivity contribution in [1.82, 2.24) is 0 Å². The third-order valence-corrected chi connectivity index (χ3v) is 2.78. The van der Waals surface area contributed by atoms with Crippen LogP contribution in [0.5, 0.6) is 0 Å². The van der Waals surface area contributed by atoms with Crippen LogP contribution in [-0.4, -0.2) is 19.8 Å². The van der Waals surface area contributed by atoms with Gasteiger partial charge in [-0.05, 0) is 12.1 Å². The minimum atomic E-state index is -3.78. The number of hydrogen-bond donors (Lipinski definition) is 1.